The van der Waals surface area contributed by atoms with Gasteiger partial charge in [-0.25, -0.2) is 4.79 Å². The number of hydrogen-bond donors (Lipinski definition) is 2. The van der Waals surface area contributed by atoms with Crippen molar-refractivity contribution >= 4 is 11.9 Å². The van der Waals surface area contributed by atoms with E-state index in [1.54, 1.807) is 0 Å². The molecule has 0 aromatic rings. The van der Waals surface area contributed by atoms with Gasteiger partial charge in [-0.05, 0) is 19.3 Å². The summed E-state index contributed by atoms with van der Waals surface area (Å²) in [5, 5.41) is 13.9. The highest BCUT2D eigenvalue weighted by Gasteiger charge is 2.21. The van der Waals surface area contributed by atoms with Crippen LogP contribution in [0.1, 0.15) is 32.6 Å². The molecule has 0 radical (unpaired) electrons. The van der Waals surface area contributed by atoms with Gasteiger partial charge in [0.15, 0.2) is 0 Å². The normalized spacial score (nSPS) is 21.4. The van der Waals surface area contributed by atoms with E-state index in [1.807, 2.05) is 0 Å². The first kappa shape index (κ1) is 10.9. The summed E-state index contributed by atoms with van der Waals surface area (Å²) in [4.78, 5) is 19.4. The van der Waals surface area contributed by atoms with E-state index in [9.17, 15) is 4.79 Å². The predicted molar refractivity (Wildman–Crippen MR) is 43.3 cm³/mol. The summed E-state index contributed by atoms with van der Waals surface area (Å²) in [5.74, 6) is 0.919. The molecule has 4 heteroatoms. The molecule has 1 aliphatic carbocycles. The third-order valence-electron chi connectivity index (χ3n) is 1.92. The zero-order chi connectivity index (χ0) is 9.56. The maximum atomic E-state index is 10.8. The number of ketones is 1. The van der Waals surface area contributed by atoms with E-state index in [1.165, 1.54) is 0 Å². The summed E-state index contributed by atoms with van der Waals surface area (Å²) in [6.45, 7) is 2.09. The molecule has 2 N–H and O–H groups in total. The molecule has 0 heterocycles. The maximum Gasteiger partial charge on any atom is 0.503 e. The number of carbonyl (C=O) groups excluding carboxylic acids is 1. The van der Waals surface area contributed by atoms with Crippen LogP contribution in [0.3, 0.4) is 0 Å². The molecule has 0 amide bonds. The summed E-state index contributed by atoms with van der Waals surface area (Å²) < 4.78 is 0. The van der Waals surface area contributed by atoms with Gasteiger partial charge in [-0.3, -0.25) is 4.79 Å². The van der Waals surface area contributed by atoms with Gasteiger partial charge in [0.2, 0.25) is 0 Å². The largest absolute Gasteiger partial charge is 0.503 e. The van der Waals surface area contributed by atoms with Gasteiger partial charge in [0.25, 0.3) is 0 Å². The lowest BCUT2D eigenvalue weighted by Gasteiger charge is -1.98. The smallest absolute Gasteiger partial charge is 0.450 e. The molecule has 0 spiro atoms. The van der Waals surface area contributed by atoms with Crippen LogP contribution in [0.25, 0.3) is 0 Å². The third kappa shape index (κ3) is 4.71. The SMILES string of the molecule is CCC1CCCC1=O.O=C(O)O. The van der Waals surface area contributed by atoms with Gasteiger partial charge in [-0.15, -0.1) is 0 Å². The lowest BCUT2D eigenvalue weighted by Crippen LogP contribution is -2.03. The van der Waals surface area contributed by atoms with Crippen LogP contribution in [0.5, 0.6) is 0 Å². The second kappa shape index (κ2) is 5.57. The van der Waals surface area contributed by atoms with Gasteiger partial charge in [-0.2, -0.15) is 0 Å². The van der Waals surface area contributed by atoms with Crippen LogP contribution < -0.4 is 0 Å². The van der Waals surface area contributed by atoms with E-state index in [2.05, 4.69) is 6.92 Å². The van der Waals surface area contributed by atoms with E-state index in [0.717, 1.165) is 25.7 Å². The molecule has 1 saturated carbocycles. The van der Waals surface area contributed by atoms with Crippen molar-refractivity contribution in [1.82, 2.24) is 0 Å². The number of carboxylic acid groups (broad SMARTS) is 2. The van der Waals surface area contributed by atoms with Crippen LogP contribution in [0.15, 0.2) is 0 Å². The first-order chi connectivity index (χ1) is 5.57. The average Bonchev–Trinajstić information content (AvgIpc) is 2.33. The standard InChI is InChI=1S/C7H12O.CH2O3/c1-2-6-4-3-5-7(6)8;2-1(3)4/h6H,2-5H2,1H3;(H2,2,3,4). The maximum absolute atomic E-state index is 10.8. The third-order valence-corrected chi connectivity index (χ3v) is 1.92. The summed E-state index contributed by atoms with van der Waals surface area (Å²) in [6, 6.07) is 0. The quantitative estimate of drug-likeness (QED) is 0.637. The molecule has 12 heavy (non-hydrogen) atoms. The molecule has 0 bridgehead atoms. The van der Waals surface area contributed by atoms with Crippen molar-refractivity contribution in [3.8, 4) is 0 Å². The minimum Gasteiger partial charge on any atom is -0.450 e. The number of carbonyl (C=O) groups is 2. The van der Waals surface area contributed by atoms with Crippen molar-refractivity contribution in [2.24, 2.45) is 5.92 Å². The Labute approximate surface area is 71.2 Å². The van der Waals surface area contributed by atoms with Gasteiger partial charge in [0.05, 0.1) is 0 Å². The molecule has 1 unspecified atom stereocenters. The summed E-state index contributed by atoms with van der Waals surface area (Å²) in [7, 11) is 0. The fourth-order valence-corrected chi connectivity index (χ4v) is 1.32. The number of hydrogen-bond acceptors (Lipinski definition) is 2. The zero-order valence-electron chi connectivity index (χ0n) is 7.12. The minimum atomic E-state index is -1.83. The Morgan fingerprint density at radius 3 is 2.25 bits per heavy atom. The van der Waals surface area contributed by atoms with Crippen molar-refractivity contribution in [3.05, 3.63) is 0 Å². The minimum absolute atomic E-state index is 0.426. The highest BCUT2D eigenvalue weighted by molar-refractivity contribution is 5.82. The van der Waals surface area contributed by atoms with Crippen LogP contribution in [-0.2, 0) is 4.79 Å². The molecule has 1 atom stereocenters. The molecule has 1 fully saturated rings. The fraction of sp³-hybridized carbons (Fsp3) is 0.750. The molecule has 0 saturated heterocycles. The molecule has 0 aromatic heterocycles. The summed E-state index contributed by atoms with van der Waals surface area (Å²) in [6.07, 6.45) is 2.35. The van der Waals surface area contributed by atoms with E-state index < -0.39 is 6.16 Å². The molecular weight excluding hydrogens is 160 g/mol. The van der Waals surface area contributed by atoms with E-state index in [0.29, 0.717) is 11.7 Å². The Morgan fingerprint density at radius 1 is 1.58 bits per heavy atom. The lowest BCUT2D eigenvalue weighted by molar-refractivity contribution is -0.120. The van der Waals surface area contributed by atoms with Gasteiger partial charge in [-0.1, -0.05) is 6.92 Å². The summed E-state index contributed by atoms with van der Waals surface area (Å²) in [5.41, 5.74) is 0. The van der Waals surface area contributed by atoms with Crippen LogP contribution >= 0.6 is 0 Å². The van der Waals surface area contributed by atoms with E-state index in [-0.39, 0.29) is 0 Å². The second-order valence-electron chi connectivity index (χ2n) is 2.75. The molecule has 4 nitrogen and oxygen atoms in total. The first-order valence-corrected chi connectivity index (χ1v) is 4.02. The van der Waals surface area contributed by atoms with E-state index >= 15 is 0 Å². The Balaban J connectivity index is 0.000000261. The molecular formula is C8H14O4. The van der Waals surface area contributed by atoms with Crippen molar-refractivity contribution in [2.75, 3.05) is 0 Å². The fourth-order valence-electron chi connectivity index (χ4n) is 1.32. The Hall–Kier alpha value is -1.06. The monoisotopic (exact) mass is 174 g/mol. The predicted octanol–water partition coefficient (Wildman–Crippen LogP) is 1.99. The number of rotatable bonds is 1. The van der Waals surface area contributed by atoms with Crippen molar-refractivity contribution in [3.63, 3.8) is 0 Å². The van der Waals surface area contributed by atoms with Gasteiger partial charge in [0, 0.05) is 12.3 Å². The van der Waals surface area contributed by atoms with Crippen LogP contribution in [0.4, 0.5) is 4.79 Å². The van der Waals surface area contributed by atoms with Crippen LogP contribution in [-0.4, -0.2) is 22.2 Å². The lowest BCUT2D eigenvalue weighted by atomic mass is 10.1. The van der Waals surface area contributed by atoms with Crippen molar-refractivity contribution in [1.29, 1.82) is 0 Å². The second-order valence-corrected chi connectivity index (χ2v) is 2.75. The Morgan fingerprint density at radius 2 is 2.08 bits per heavy atom. The number of Topliss-reactive ketones (excluding diaryl/α,β-unsaturated/α-hetero) is 1. The van der Waals surface area contributed by atoms with E-state index in [4.69, 9.17) is 15.0 Å². The average molecular weight is 174 g/mol. The van der Waals surface area contributed by atoms with Crippen LogP contribution in [0, 0.1) is 5.92 Å². The van der Waals surface area contributed by atoms with Gasteiger partial charge < -0.3 is 10.2 Å². The molecule has 0 aliphatic heterocycles. The highest BCUT2D eigenvalue weighted by atomic mass is 16.6. The Kier molecular flexibility index (Phi) is 5.08. The zero-order valence-corrected chi connectivity index (χ0v) is 7.12. The van der Waals surface area contributed by atoms with Crippen molar-refractivity contribution in [2.45, 2.75) is 32.6 Å². The molecule has 70 valence electrons. The highest BCUT2D eigenvalue weighted by Crippen LogP contribution is 2.23. The van der Waals surface area contributed by atoms with Crippen LogP contribution in [0.2, 0.25) is 0 Å². The first-order valence-electron chi connectivity index (χ1n) is 4.02. The topological polar surface area (TPSA) is 74.6 Å². The molecule has 0 aromatic carbocycles. The van der Waals surface area contributed by atoms with Crippen molar-refractivity contribution < 1.29 is 19.8 Å². The summed E-state index contributed by atoms with van der Waals surface area (Å²) >= 11 is 0. The van der Waals surface area contributed by atoms with Gasteiger partial charge in [0.1, 0.15) is 5.78 Å². The molecule has 1 rings (SSSR count). The molecule has 1 aliphatic rings. The Bertz CT molecular complexity index is 160. The van der Waals surface area contributed by atoms with Gasteiger partial charge >= 0.3 is 6.16 Å².